The van der Waals surface area contributed by atoms with Crippen molar-refractivity contribution < 1.29 is 31.7 Å². The van der Waals surface area contributed by atoms with Gasteiger partial charge in [-0.15, -0.1) is 0 Å². The fourth-order valence-corrected chi connectivity index (χ4v) is 8.58. The van der Waals surface area contributed by atoms with Crippen molar-refractivity contribution in [2.24, 2.45) is 0 Å². The van der Waals surface area contributed by atoms with Gasteiger partial charge in [-0.25, -0.2) is 31.5 Å². The first-order chi connectivity index (χ1) is 28.2. The smallest absolute Gasteiger partial charge is 0.410 e. The van der Waals surface area contributed by atoms with E-state index >= 15 is 4.39 Å². The van der Waals surface area contributed by atoms with Gasteiger partial charge in [-0.3, -0.25) is 4.79 Å². The fraction of sp³-hybridized carbons (Fsp3) is 0.364. The lowest BCUT2D eigenvalue weighted by molar-refractivity contribution is 0.0240. The van der Waals surface area contributed by atoms with Crippen molar-refractivity contribution in [3.8, 4) is 22.4 Å². The monoisotopic (exact) mass is 836 g/mol. The van der Waals surface area contributed by atoms with Crippen LogP contribution in [-0.2, 0) is 20.2 Å². The molecule has 0 bridgehead atoms. The van der Waals surface area contributed by atoms with E-state index in [1.807, 2.05) is 67.2 Å². The number of anilines is 1. The van der Waals surface area contributed by atoms with Crippen molar-refractivity contribution in [2.75, 3.05) is 31.1 Å². The molecule has 314 valence electrons. The maximum Gasteiger partial charge on any atom is 0.410 e. The summed E-state index contributed by atoms with van der Waals surface area (Å²) in [6.07, 6.45) is 2.26. The number of aryl methyl sites for hydroxylation is 2. The lowest BCUT2D eigenvalue weighted by Gasteiger charge is -2.36. The molecule has 0 spiro atoms. The number of carbonyl (C=O) groups excluding carboxylic acids is 2. The standard InChI is InChI=1S/C44H49FN8O6S/c1-26-10-14-31(15-11-26)60(56,57)53-35(30-13-17-36(46-24-30)51-18-20-52(21-19-51)42(55)58-44(7,8)9)23-33-37(34(45)25-47-38(33)53)29-12-16-32(27(2)22-29)28(3)48-39(54)40-49-41(50-59-40)43(4,5)6/h10-17,22-25,28H,18-21H2,1-9H3,(H,48,54)/t28-/m1/s1. The molecular weight excluding hydrogens is 788 g/mol. The van der Waals surface area contributed by atoms with Crippen LogP contribution in [0.4, 0.5) is 15.0 Å². The average molecular weight is 837 g/mol. The van der Waals surface area contributed by atoms with Crippen molar-refractivity contribution in [3.63, 3.8) is 0 Å². The van der Waals surface area contributed by atoms with Crippen LogP contribution in [0.5, 0.6) is 0 Å². The predicted molar refractivity (Wildman–Crippen MR) is 226 cm³/mol. The average Bonchev–Trinajstić information content (AvgIpc) is 3.85. The zero-order valence-electron chi connectivity index (χ0n) is 35.2. The first kappa shape index (κ1) is 42.0. The van der Waals surface area contributed by atoms with Crippen LogP contribution in [0.15, 0.2) is 82.5 Å². The number of nitrogens with zero attached hydrogens (tertiary/aromatic N) is 7. The molecule has 1 saturated heterocycles. The van der Waals surface area contributed by atoms with Gasteiger partial charge in [0.1, 0.15) is 17.2 Å². The molecule has 4 aromatic heterocycles. The second-order valence-corrected chi connectivity index (χ2v) is 18.9. The highest BCUT2D eigenvalue weighted by atomic mass is 32.2. The lowest BCUT2D eigenvalue weighted by atomic mass is 9.95. The summed E-state index contributed by atoms with van der Waals surface area (Å²) in [6, 6.07) is 16.6. The topological polar surface area (TPSA) is 166 Å². The van der Waals surface area contributed by atoms with Crippen LogP contribution in [0, 0.1) is 19.7 Å². The highest BCUT2D eigenvalue weighted by Crippen LogP contribution is 2.39. The van der Waals surface area contributed by atoms with E-state index in [1.54, 1.807) is 59.6 Å². The van der Waals surface area contributed by atoms with Crippen LogP contribution in [0.3, 0.4) is 0 Å². The number of amides is 2. The van der Waals surface area contributed by atoms with Crippen LogP contribution in [0.2, 0.25) is 0 Å². The molecule has 0 unspecified atom stereocenters. The van der Waals surface area contributed by atoms with E-state index in [1.165, 1.54) is 12.1 Å². The maximum absolute atomic E-state index is 16.1. The highest BCUT2D eigenvalue weighted by molar-refractivity contribution is 7.90. The molecule has 1 aliphatic heterocycles. The molecular formula is C44H49FN8O6S. The molecule has 2 amide bonds. The van der Waals surface area contributed by atoms with E-state index in [-0.39, 0.29) is 39.2 Å². The first-order valence-corrected chi connectivity index (χ1v) is 21.1. The quantitative estimate of drug-likeness (QED) is 0.158. The highest BCUT2D eigenvalue weighted by Gasteiger charge is 2.30. The Morgan fingerprint density at radius 3 is 2.17 bits per heavy atom. The molecule has 7 rings (SSSR count). The lowest BCUT2D eigenvalue weighted by Crippen LogP contribution is -2.50. The summed E-state index contributed by atoms with van der Waals surface area (Å²) in [6.45, 7) is 18.7. The number of aromatic nitrogens is 5. The number of fused-ring (bicyclic) bond motifs is 1. The van der Waals surface area contributed by atoms with Gasteiger partial charge in [0.15, 0.2) is 11.5 Å². The van der Waals surface area contributed by atoms with Crippen LogP contribution >= 0.6 is 0 Å². The van der Waals surface area contributed by atoms with E-state index in [9.17, 15) is 18.0 Å². The third-order valence-electron chi connectivity index (χ3n) is 10.3. The Kier molecular flexibility index (Phi) is 11.0. The summed E-state index contributed by atoms with van der Waals surface area (Å²) in [7, 11) is -4.27. The third kappa shape index (κ3) is 8.46. The minimum Gasteiger partial charge on any atom is -0.444 e. The molecule has 6 aromatic rings. The normalized spacial score (nSPS) is 14.4. The molecule has 1 N–H and O–H groups in total. The van der Waals surface area contributed by atoms with Gasteiger partial charge in [-0.05, 0) is 88.6 Å². The molecule has 0 radical (unpaired) electrons. The molecule has 0 saturated carbocycles. The summed E-state index contributed by atoms with van der Waals surface area (Å²) in [4.78, 5) is 42.8. The van der Waals surface area contributed by atoms with E-state index in [0.29, 0.717) is 48.9 Å². The van der Waals surface area contributed by atoms with Crippen LogP contribution in [0.25, 0.3) is 33.4 Å². The van der Waals surface area contributed by atoms with E-state index < -0.39 is 38.8 Å². The molecule has 14 nitrogen and oxygen atoms in total. The molecule has 1 fully saturated rings. The Hall–Kier alpha value is -6.16. The van der Waals surface area contributed by atoms with Gasteiger partial charge in [0, 0.05) is 54.3 Å². The van der Waals surface area contributed by atoms with Gasteiger partial charge >= 0.3 is 17.9 Å². The predicted octanol–water partition coefficient (Wildman–Crippen LogP) is 7.99. The Balaban J connectivity index is 1.23. The van der Waals surface area contributed by atoms with Crippen molar-refractivity contribution in [2.45, 2.75) is 84.3 Å². The molecule has 16 heteroatoms. The van der Waals surface area contributed by atoms with Gasteiger partial charge in [0.05, 0.1) is 22.8 Å². The first-order valence-electron chi connectivity index (χ1n) is 19.7. The SMILES string of the molecule is Cc1ccc(S(=O)(=O)n2c(-c3ccc(N4CCN(C(=O)OC(C)(C)C)CC4)nc3)cc3c(-c4ccc([C@@H](C)NC(=O)c5nc(C(C)(C)C)no5)c(C)c4)c(F)cnc32)cc1. The number of nitrogens with one attached hydrogen (secondary N) is 1. The number of piperazine rings is 1. The minimum atomic E-state index is -4.27. The summed E-state index contributed by atoms with van der Waals surface area (Å²) in [5.41, 5.74) is 2.83. The summed E-state index contributed by atoms with van der Waals surface area (Å²) < 4.78 is 57.1. The van der Waals surface area contributed by atoms with Gasteiger partial charge in [0.25, 0.3) is 10.0 Å². The zero-order valence-corrected chi connectivity index (χ0v) is 36.0. The Morgan fingerprint density at radius 1 is 0.883 bits per heavy atom. The molecule has 1 atom stereocenters. The zero-order chi connectivity index (χ0) is 43.3. The Morgan fingerprint density at radius 2 is 1.57 bits per heavy atom. The number of hydrogen-bond acceptors (Lipinski definition) is 11. The van der Waals surface area contributed by atoms with Crippen LogP contribution in [0.1, 0.15) is 87.7 Å². The minimum absolute atomic E-state index is 0.0401. The molecule has 0 aliphatic carbocycles. The van der Waals surface area contributed by atoms with Crippen molar-refractivity contribution >= 4 is 38.9 Å². The van der Waals surface area contributed by atoms with Gasteiger partial charge in [0.2, 0.25) is 0 Å². The van der Waals surface area contributed by atoms with Crippen LogP contribution < -0.4 is 10.2 Å². The second-order valence-electron chi connectivity index (χ2n) is 17.1. The van der Waals surface area contributed by atoms with Crippen molar-refractivity contribution in [1.29, 1.82) is 0 Å². The molecule has 5 heterocycles. The summed E-state index contributed by atoms with van der Waals surface area (Å²) >= 11 is 0. The number of carbonyl (C=O) groups is 2. The number of rotatable bonds is 8. The van der Waals surface area contributed by atoms with E-state index in [0.717, 1.165) is 26.9 Å². The van der Waals surface area contributed by atoms with Crippen LogP contribution in [-0.4, -0.2) is 81.2 Å². The second kappa shape index (κ2) is 15.8. The van der Waals surface area contributed by atoms with E-state index in [4.69, 9.17) is 14.2 Å². The molecule has 2 aromatic carbocycles. The summed E-state index contributed by atoms with van der Waals surface area (Å²) in [5.74, 6) is -0.244. The number of hydrogen-bond donors (Lipinski definition) is 1. The van der Waals surface area contributed by atoms with Gasteiger partial charge in [-0.2, -0.15) is 4.98 Å². The van der Waals surface area contributed by atoms with E-state index in [2.05, 4.69) is 20.4 Å². The molecule has 1 aliphatic rings. The van der Waals surface area contributed by atoms with Gasteiger partial charge in [-0.1, -0.05) is 61.8 Å². The number of pyridine rings is 2. The third-order valence-corrected chi connectivity index (χ3v) is 12.0. The molecule has 60 heavy (non-hydrogen) atoms. The Bertz CT molecular complexity index is 2690. The van der Waals surface area contributed by atoms with Crippen molar-refractivity contribution in [3.05, 3.63) is 107 Å². The maximum atomic E-state index is 16.1. The number of benzene rings is 2. The fourth-order valence-electron chi connectivity index (χ4n) is 7.10. The largest absolute Gasteiger partial charge is 0.444 e. The number of halogens is 1. The van der Waals surface area contributed by atoms with Gasteiger partial charge < -0.3 is 24.4 Å². The Labute approximate surface area is 348 Å². The number of ether oxygens (including phenoxy) is 1. The van der Waals surface area contributed by atoms with Crippen molar-refractivity contribution in [1.82, 2.24) is 34.3 Å². The summed E-state index contributed by atoms with van der Waals surface area (Å²) in [5, 5.41) is 7.12.